The summed E-state index contributed by atoms with van der Waals surface area (Å²) in [6.07, 6.45) is 2.33. The molecule has 0 bridgehead atoms. The highest BCUT2D eigenvalue weighted by atomic mass is 16.2. The van der Waals surface area contributed by atoms with E-state index in [2.05, 4.69) is 16.0 Å². The normalized spacial score (nSPS) is 20.8. The van der Waals surface area contributed by atoms with Gasteiger partial charge < -0.3 is 16.0 Å². The van der Waals surface area contributed by atoms with Crippen molar-refractivity contribution in [2.45, 2.75) is 25.3 Å². The predicted molar refractivity (Wildman–Crippen MR) is 76.7 cm³/mol. The van der Waals surface area contributed by atoms with Crippen LogP contribution in [0, 0.1) is 5.92 Å². The molecule has 1 atom stereocenters. The smallest absolute Gasteiger partial charge is 0.251 e. The lowest BCUT2D eigenvalue weighted by Crippen LogP contribution is -2.26. The van der Waals surface area contributed by atoms with Gasteiger partial charge in [0.2, 0.25) is 11.8 Å². The van der Waals surface area contributed by atoms with E-state index < -0.39 is 0 Å². The number of hydrogen-bond acceptors (Lipinski definition) is 3. The Morgan fingerprint density at radius 3 is 2.43 bits per heavy atom. The lowest BCUT2D eigenvalue weighted by molar-refractivity contribution is -0.123. The van der Waals surface area contributed by atoms with Crippen molar-refractivity contribution in [2.75, 3.05) is 11.9 Å². The van der Waals surface area contributed by atoms with Crippen LogP contribution >= 0.6 is 0 Å². The topological polar surface area (TPSA) is 87.3 Å². The van der Waals surface area contributed by atoms with Crippen LogP contribution < -0.4 is 16.0 Å². The zero-order valence-corrected chi connectivity index (χ0v) is 11.5. The van der Waals surface area contributed by atoms with Crippen LogP contribution in [0.1, 0.15) is 29.6 Å². The molecule has 1 aliphatic heterocycles. The molecule has 2 fully saturated rings. The van der Waals surface area contributed by atoms with Crippen LogP contribution in [0.25, 0.3) is 0 Å². The number of rotatable bonds is 4. The van der Waals surface area contributed by atoms with Crippen molar-refractivity contribution in [2.24, 2.45) is 5.92 Å². The van der Waals surface area contributed by atoms with Crippen LogP contribution in [0.4, 0.5) is 5.69 Å². The van der Waals surface area contributed by atoms with Crippen LogP contribution in [0.2, 0.25) is 0 Å². The Morgan fingerprint density at radius 2 is 1.86 bits per heavy atom. The second-order valence-corrected chi connectivity index (χ2v) is 5.52. The number of hydrogen-bond donors (Lipinski definition) is 3. The molecule has 21 heavy (non-hydrogen) atoms. The molecule has 2 aliphatic rings. The number of benzene rings is 1. The Labute approximate surface area is 122 Å². The fourth-order valence-corrected chi connectivity index (χ4v) is 2.24. The molecule has 1 saturated carbocycles. The molecule has 1 saturated heterocycles. The maximum atomic E-state index is 12.0. The number of carbonyl (C=O) groups is 3. The predicted octanol–water partition coefficient (Wildman–Crippen LogP) is 0.653. The Kier molecular flexibility index (Phi) is 3.60. The number of anilines is 1. The molecule has 0 aromatic heterocycles. The van der Waals surface area contributed by atoms with Crippen LogP contribution in [-0.4, -0.2) is 30.3 Å². The Bertz CT molecular complexity index is 578. The van der Waals surface area contributed by atoms with E-state index in [1.807, 2.05) is 0 Å². The molecule has 0 radical (unpaired) electrons. The van der Waals surface area contributed by atoms with Crippen molar-refractivity contribution in [3.63, 3.8) is 0 Å². The largest absolute Gasteiger partial charge is 0.355 e. The zero-order chi connectivity index (χ0) is 14.8. The molecule has 0 spiro atoms. The average molecular weight is 287 g/mol. The molecule has 110 valence electrons. The van der Waals surface area contributed by atoms with Gasteiger partial charge in [-0.1, -0.05) is 0 Å². The van der Waals surface area contributed by atoms with Gasteiger partial charge in [-0.3, -0.25) is 14.4 Å². The zero-order valence-electron chi connectivity index (χ0n) is 11.5. The van der Waals surface area contributed by atoms with Gasteiger partial charge in [0.25, 0.3) is 5.91 Å². The summed E-state index contributed by atoms with van der Waals surface area (Å²) in [6.45, 7) is 0.381. The highest BCUT2D eigenvalue weighted by Crippen LogP contribution is 2.20. The van der Waals surface area contributed by atoms with Crippen molar-refractivity contribution >= 4 is 23.4 Å². The van der Waals surface area contributed by atoms with Gasteiger partial charge in [-0.25, -0.2) is 0 Å². The van der Waals surface area contributed by atoms with Crippen molar-refractivity contribution in [1.82, 2.24) is 10.6 Å². The SMILES string of the molecule is O=C1CC(C(=O)Nc2ccc(C(=O)NC3CC3)cc2)CN1. The summed E-state index contributed by atoms with van der Waals surface area (Å²) in [4.78, 5) is 34.9. The molecule has 1 heterocycles. The minimum absolute atomic E-state index is 0.0824. The Morgan fingerprint density at radius 1 is 1.14 bits per heavy atom. The van der Waals surface area contributed by atoms with E-state index in [1.54, 1.807) is 24.3 Å². The third-order valence-corrected chi connectivity index (χ3v) is 3.68. The van der Waals surface area contributed by atoms with E-state index in [0.29, 0.717) is 23.8 Å². The van der Waals surface area contributed by atoms with E-state index in [9.17, 15) is 14.4 Å². The maximum absolute atomic E-state index is 12.0. The van der Waals surface area contributed by atoms with Crippen molar-refractivity contribution in [3.05, 3.63) is 29.8 Å². The van der Waals surface area contributed by atoms with Gasteiger partial charge >= 0.3 is 0 Å². The molecular weight excluding hydrogens is 270 g/mol. The molecule has 6 heteroatoms. The molecule has 1 aromatic carbocycles. The van der Waals surface area contributed by atoms with Crippen LogP contribution in [-0.2, 0) is 9.59 Å². The lowest BCUT2D eigenvalue weighted by atomic mass is 10.1. The van der Waals surface area contributed by atoms with Crippen molar-refractivity contribution in [3.8, 4) is 0 Å². The summed E-state index contributed by atoms with van der Waals surface area (Å²) in [7, 11) is 0. The Hall–Kier alpha value is -2.37. The monoisotopic (exact) mass is 287 g/mol. The second-order valence-electron chi connectivity index (χ2n) is 5.52. The minimum Gasteiger partial charge on any atom is -0.355 e. The first-order chi connectivity index (χ1) is 10.1. The third-order valence-electron chi connectivity index (χ3n) is 3.68. The van der Waals surface area contributed by atoms with E-state index >= 15 is 0 Å². The summed E-state index contributed by atoms with van der Waals surface area (Å²) < 4.78 is 0. The molecule has 3 rings (SSSR count). The molecule has 6 nitrogen and oxygen atoms in total. The van der Waals surface area contributed by atoms with E-state index in [-0.39, 0.29) is 30.1 Å². The molecule has 1 aromatic rings. The van der Waals surface area contributed by atoms with Gasteiger partial charge in [0.1, 0.15) is 0 Å². The summed E-state index contributed by atoms with van der Waals surface area (Å²) in [5.41, 5.74) is 1.21. The first kappa shape index (κ1) is 13.6. The fourth-order valence-electron chi connectivity index (χ4n) is 2.24. The first-order valence-corrected chi connectivity index (χ1v) is 7.10. The van der Waals surface area contributed by atoms with Gasteiger partial charge in [0.05, 0.1) is 5.92 Å². The standard InChI is InChI=1S/C15H17N3O3/c19-13-7-10(8-16-13)15(21)18-11-3-1-9(2-4-11)14(20)17-12-5-6-12/h1-4,10,12H,5-8H2,(H,16,19)(H,17,20)(H,18,21). The lowest BCUT2D eigenvalue weighted by Gasteiger charge is -2.10. The first-order valence-electron chi connectivity index (χ1n) is 7.10. The van der Waals surface area contributed by atoms with Crippen LogP contribution in [0.15, 0.2) is 24.3 Å². The number of nitrogens with one attached hydrogen (secondary N) is 3. The van der Waals surface area contributed by atoms with Gasteiger partial charge in [0, 0.05) is 30.3 Å². The summed E-state index contributed by atoms with van der Waals surface area (Å²) >= 11 is 0. The van der Waals surface area contributed by atoms with E-state index in [1.165, 1.54) is 0 Å². The molecule has 3 amide bonds. The highest BCUT2D eigenvalue weighted by molar-refractivity contribution is 5.98. The number of carbonyl (C=O) groups excluding carboxylic acids is 3. The third kappa shape index (κ3) is 3.39. The average Bonchev–Trinajstić information content (AvgIpc) is 3.17. The van der Waals surface area contributed by atoms with Gasteiger partial charge in [-0.2, -0.15) is 0 Å². The minimum atomic E-state index is -0.324. The molecule has 3 N–H and O–H groups in total. The van der Waals surface area contributed by atoms with Crippen molar-refractivity contribution in [1.29, 1.82) is 0 Å². The van der Waals surface area contributed by atoms with E-state index in [4.69, 9.17) is 0 Å². The highest BCUT2D eigenvalue weighted by Gasteiger charge is 2.28. The van der Waals surface area contributed by atoms with E-state index in [0.717, 1.165) is 12.8 Å². The number of amides is 3. The fraction of sp³-hybridized carbons (Fsp3) is 0.400. The van der Waals surface area contributed by atoms with Crippen molar-refractivity contribution < 1.29 is 14.4 Å². The van der Waals surface area contributed by atoms with Crippen LogP contribution in [0.5, 0.6) is 0 Å². The molecule has 1 aliphatic carbocycles. The summed E-state index contributed by atoms with van der Waals surface area (Å²) in [5.74, 6) is -0.679. The van der Waals surface area contributed by atoms with Crippen LogP contribution in [0.3, 0.4) is 0 Å². The summed E-state index contributed by atoms with van der Waals surface area (Å²) in [5, 5.41) is 8.30. The van der Waals surface area contributed by atoms with Gasteiger partial charge in [0.15, 0.2) is 0 Å². The summed E-state index contributed by atoms with van der Waals surface area (Å²) in [6, 6.07) is 7.09. The maximum Gasteiger partial charge on any atom is 0.251 e. The van der Waals surface area contributed by atoms with Gasteiger partial charge in [-0.05, 0) is 37.1 Å². The Balaban J connectivity index is 1.57. The van der Waals surface area contributed by atoms with Gasteiger partial charge in [-0.15, -0.1) is 0 Å². The molecular formula is C15H17N3O3. The second kappa shape index (κ2) is 5.55. The molecule has 1 unspecified atom stereocenters. The quantitative estimate of drug-likeness (QED) is 0.760.